The van der Waals surface area contributed by atoms with Gasteiger partial charge in [0.15, 0.2) is 9.84 Å². The Hall–Kier alpha value is -1.11. The highest BCUT2D eigenvalue weighted by molar-refractivity contribution is 7.93. The maximum absolute atomic E-state index is 12.2. The molecule has 19 heavy (non-hydrogen) atoms. The van der Waals surface area contributed by atoms with Crippen LogP contribution in [0.1, 0.15) is 33.1 Å². The van der Waals surface area contributed by atoms with Crippen molar-refractivity contribution in [2.24, 2.45) is 5.92 Å². The number of hydrogen-bond donors (Lipinski definition) is 1. The van der Waals surface area contributed by atoms with Crippen molar-refractivity contribution in [3.8, 4) is 0 Å². The minimum absolute atomic E-state index is 0.0131. The van der Waals surface area contributed by atoms with E-state index in [-0.39, 0.29) is 11.7 Å². The molecule has 1 amide bonds. The topological polar surface area (TPSA) is 91.8 Å². The van der Waals surface area contributed by atoms with Gasteiger partial charge in [-0.2, -0.15) is 0 Å². The van der Waals surface area contributed by atoms with Crippen LogP contribution >= 0.6 is 0 Å². The molecule has 1 heterocycles. The largest absolute Gasteiger partial charge is 0.480 e. The molecular weight excluding hydrogens is 270 g/mol. The SMILES string of the molecule is CC(C)C[C@@H](C(=O)O)N(C)C(=O)C1CCCS1(=O)=O. The zero-order valence-electron chi connectivity index (χ0n) is 11.5. The Morgan fingerprint density at radius 2 is 1.95 bits per heavy atom. The van der Waals surface area contributed by atoms with E-state index in [1.165, 1.54) is 7.05 Å². The smallest absolute Gasteiger partial charge is 0.326 e. The second kappa shape index (κ2) is 5.90. The quantitative estimate of drug-likeness (QED) is 0.797. The number of sulfone groups is 1. The van der Waals surface area contributed by atoms with E-state index in [0.29, 0.717) is 19.3 Å². The van der Waals surface area contributed by atoms with Gasteiger partial charge >= 0.3 is 5.97 Å². The molecule has 7 heteroatoms. The lowest BCUT2D eigenvalue weighted by Gasteiger charge is -2.28. The molecule has 0 aliphatic carbocycles. The van der Waals surface area contributed by atoms with Crippen molar-refractivity contribution >= 4 is 21.7 Å². The molecule has 1 fully saturated rings. The van der Waals surface area contributed by atoms with Crippen molar-refractivity contribution in [1.29, 1.82) is 0 Å². The zero-order valence-corrected chi connectivity index (χ0v) is 12.3. The van der Waals surface area contributed by atoms with Gasteiger partial charge in [-0.15, -0.1) is 0 Å². The summed E-state index contributed by atoms with van der Waals surface area (Å²) in [4.78, 5) is 24.5. The van der Waals surface area contributed by atoms with Crippen LogP contribution in [0.5, 0.6) is 0 Å². The van der Waals surface area contributed by atoms with E-state index in [1.807, 2.05) is 13.8 Å². The predicted octanol–water partition coefficient (Wildman–Crippen LogP) is 0.521. The molecule has 1 saturated heterocycles. The number of carboxylic acid groups (broad SMARTS) is 1. The lowest BCUT2D eigenvalue weighted by atomic mass is 10.0. The summed E-state index contributed by atoms with van der Waals surface area (Å²) in [6, 6.07) is -0.969. The normalized spacial score (nSPS) is 23.3. The van der Waals surface area contributed by atoms with Crippen LogP contribution in [0.3, 0.4) is 0 Å². The van der Waals surface area contributed by atoms with E-state index < -0.39 is 33.0 Å². The van der Waals surface area contributed by atoms with E-state index in [0.717, 1.165) is 4.90 Å². The first-order chi connectivity index (χ1) is 8.66. The molecule has 6 nitrogen and oxygen atoms in total. The molecule has 2 atom stereocenters. The molecule has 1 aliphatic heterocycles. The highest BCUT2D eigenvalue weighted by Crippen LogP contribution is 2.23. The second-order valence-electron chi connectivity index (χ2n) is 5.43. The van der Waals surface area contributed by atoms with E-state index in [2.05, 4.69) is 0 Å². The molecular formula is C12H21NO5S. The van der Waals surface area contributed by atoms with E-state index in [4.69, 9.17) is 0 Å². The van der Waals surface area contributed by atoms with Crippen LogP contribution in [-0.2, 0) is 19.4 Å². The van der Waals surface area contributed by atoms with Crippen LogP contribution in [0, 0.1) is 5.92 Å². The van der Waals surface area contributed by atoms with Gasteiger partial charge in [0, 0.05) is 7.05 Å². The van der Waals surface area contributed by atoms with Crippen molar-refractivity contribution < 1.29 is 23.1 Å². The summed E-state index contributed by atoms with van der Waals surface area (Å²) in [5, 5.41) is 8.11. The van der Waals surface area contributed by atoms with Crippen molar-refractivity contribution in [3.05, 3.63) is 0 Å². The summed E-state index contributed by atoms with van der Waals surface area (Å²) in [5.74, 6) is -1.57. The number of carbonyl (C=O) groups is 2. The van der Waals surface area contributed by atoms with Gasteiger partial charge in [-0.1, -0.05) is 13.8 Å². The third-order valence-electron chi connectivity index (χ3n) is 3.40. The fourth-order valence-electron chi connectivity index (χ4n) is 2.32. The maximum atomic E-state index is 12.2. The third-order valence-corrected chi connectivity index (χ3v) is 5.56. The first-order valence-electron chi connectivity index (χ1n) is 6.38. The first kappa shape index (κ1) is 15.9. The molecule has 1 aliphatic rings. The van der Waals surface area contributed by atoms with E-state index >= 15 is 0 Å². The van der Waals surface area contributed by atoms with Gasteiger partial charge in [-0.05, 0) is 25.2 Å². The van der Waals surface area contributed by atoms with Gasteiger partial charge in [0.25, 0.3) is 0 Å². The zero-order chi connectivity index (χ0) is 14.8. The van der Waals surface area contributed by atoms with Crippen molar-refractivity contribution in [3.63, 3.8) is 0 Å². The fraction of sp³-hybridized carbons (Fsp3) is 0.833. The Kier molecular flexibility index (Phi) is 4.95. The summed E-state index contributed by atoms with van der Waals surface area (Å²) >= 11 is 0. The number of carbonyl (C=O) groups excluding carboxylic acids is 1. The Morgan fingerprint density at radius 1 is 1.37 bits per heavy atom. The predicted molar refractivity (Wildman–Crippen MR) is 70.5 cm³/mol. The van der Waals surface area contributed by atoms with Gasteiger partial charge in [-0.25, -0.2) is 13.2 Å². The average Bonchev–Trinajstić information content (AvgIpc) is 2.63. The van der Waals surface area contributed by atoms with Crippen LogP contribution in [-0.4, -0.2) is 54.4 Å². The molecule has 0 spiro atoms. The van der Waals surface area contributed by atoms with Crippen LogP contribution in [0.4, 0.5) is 0 Å². The monoisotopic (exact) mass is 291 g/mol. The minimum Gasteiger partial charge on any atom is -0.480 e. The van der Waals surface area contributed by atoms with Crippen LogP contribution in [0.2, 0.25) is 0 Å². The number of amides is 1. The van der Waals surface area contributed by atoms with Crippen LogP contribution < -0.4 is 0 Å². The summed E-state index contributed by atoms with van der Waals surface area (Å²) in [6.07, 6.45) is 1.07. The summed E-state index contributed by atoms with van der Waals surface area (Å²) < 4.78 is 23.5. The van der Waals surface area contributed by atoms with Gasteiger partial charge < -0.3 is 10.0 Å². The first-order valence-corrected chi connectivity index (χ1v) is 8.09. The Balaban J connectivity index is 2.88. The standard InChI is InChI=1S/C12H21NO5S/c1-8(2)7-9(12(15)16)13(3)11(14)10-5-4-6-19(10,17)18/h8-10H,4-7H2,1-3H3,(H,15,16)/t9-,10?/m0/s1. The number of likely N-dealkylation sites (N-methyl/N-ethyl adjacent to an activating group) is 1. The lowest BCUT2D eigenvalue weighted by molar-refractivity contribution is -0.149. The van der Waals surface area contributed by atoms with Gasteiger partial charge in [0.2, 0.25) is 5.91 Å². The number of hydrogen-bond acceptors (Lipinski definition) is 4. The highest BCUT2D eigenvalue weighted by Gasteiger charge is 2.41. The number of carboxylic acids is 1. The average molecular weight is 291 g/mol. The summed E-state index contributed by atoms with van der Waals surface area (Å²) in [7, 11) is -2.03. The molecule has 1 rings (SSSR count). The number of nitrogens with zero attached hydrogens (tertiary/aromatic N) is 1. The van der Waals surface area contributed by atoms with Crippen molar-refractivity contribution in [2.45, 2.75) is 44.4 Å². The maximum Gasteiger partial charge on any atom is 0.326 e. The molecule has 0 aromatic heterocycles. The molecule has 110 valence electrons. The van der Waals surface area contributed by atoms with Gasteiger partial charge in [0.05, 0.1) is 5.75 Å². The Morgan fingerprint density at radius 3 is 2.32 bits per heavy atom. The van der Waals surface area contributed by atoms with Crippen LogP contribution in [0.25, 0.3) is 0 Å². The fourth-order valence-corrected chi connectivity index (χ4v) is 4.17. The molecule has 0 bridgehead atoms. The molecule has 0 saturated carbocycles. The highest BCUT2D eigenvalue weighted by atomic mass is 32.2. The van der Waals surface area contributed by atoms with Crippen LogP contribution in [0.15, 0.2) is 0 Å². The number of aliphatic carboxylic acids is 1. The van der Waals surface area contributed by atoms with E-state index in [9.17, 15) is 23.1 Å². The number of rotatable bonds is 5. The molecule has 0 aromatic carbocycles. The Bertz CT molecular complexity index is 457. The molecule has 0 radical (unpaired) electrons. The third kappa shape index (κ3) is 3.68. The second-order valence-corrected chi connectivity index (χ2v) is 7.73. The Labute approximate surface area is 113 Å². The molecule has 0 aromatic rings. The lowest BCUT2D eigenvalue weighted by Crippen LogP contribution is -2.48. The van der Waals surface area contributed by atoms with Crippen molar-refractivity contribution in [2.75, 3.05) is 12.8 Å². The van der Waals surface area contributed by atoms with Crippen molar-refractivity contribution in [1.82, 2.24) is 4.90 Å². The minimum atomic E-state index is -3.40. The van der Waals surface area contributed by atoms with Gasteiger partial charge in [0.1, 0.15) is 11.3 Å². The molecule has 1 N–H and O–H groups in total. The van der Waals surface area contributed by atoms with E-state index in [1.54, 1.807) is 0 Å². The summed E-state index contributed by atoms with van der Waals surface area (Å²) in [5.41, 5.74) is 0. The van der Waals surface area contributed by atoms with Gasteiger partial charge in [-0.3, -0.25) is 4.79 Å². The summed E-state index contributed by atoms with van der Waals surface area (Å²) in [6.45, 7) is 3.72. The molecule has 1 unspecified atom stereocenters.